The van der Waals surface area contributed by atoms with Gasteiger partial charge in [0.15, 0.2) is 11.5 Å². The topological polar surface area (TPSA) is 60.0 Å². The Labute approximate surface area is 191 Å². The van der Waals surface area contributed by atoms with Crippen molar-refractivity contribution in [2.24, 2.45) is 0 Å². The van der Waals surface area contributed by atoms with Crippen LogP contribution >= 0.6 is 0 Å². The molecule has 1 heterocycles. The van der Waals surface area contributed by atoms with E-state index in [1.165, 1.54) is 5.56 Å². The maximum absolute atomic E-state index is 12.5. The molecule has 0 aromatic heterocycles. The fourth-order valence-corrected chi connectivity index (χ4v) is 3.81. The zero-order valence-corrected chi connectivity index (χ0v) is 19.3. The lowest BCUT2D eigenvalue weighted by molar-refractivity contribution is -0.116. The molecule has 0 spiro atoms. The molecule has 0 bridgehead atoms. The van der Waals surface area contributed by atoms with E-state index in [-0.39, 0.29) is 11.9 Å². The van der Waals surface area contributed by atoms with Crippen LogP contribution in [0.15, 0.2) is 48.5 Å². The number of aryl methyl sites for hydroxylation is 1. The van der Waals surface area contributed by atoms with Crippen LogP contribution in [0.1, 0.15) is 36.6 Å². The van der Waals surface area contributed by atoms with Gasteiger partial charge >= 0.3 is 0 Å². The Hall–Kier alpha value is -2.83. The number of carbonyl (C=O) groups is 1. The van der Waals surface area contributed by atoms with E-state index < -0.39 is 0 Å². The number of methoxy groups -OCH3 is 1. The molecular formula is C26H34N2O4. The smallest absolute Gasteiger partial charge is 0.244 e. The summed E-state index contributed by atoms with van der Waals surface area (Å²) in [4.78, 5) is 14.9. The lowest BCUT2D eigenvalue weighted by Crippen LogP contribution is -2.43. The summed E-state index contributed by atoms with van der Waals surface area (Å²) in [6.45, 7) is 8.15. The molecule has 0 radical (unpaired) electrons. The molecule has 6 heteroatoms. The molecule has 1 amide bonds. The maximum atomic E-state index is 12.5. The fourth-order valence-electron chi connectivity index (χ4n) is 3.81. The number of ether oxygens (including phenoxy) is 3. The van der Waals surface area contributed by atoms with Gasteiger partial charge in [0.2, 0.25) is 5.91 Å². The van der Waals surface area contributed by atoms with Crippen molar-refractivity contribution in [1.82, 2.24) is 10.2 Å². The monoisotopic (exact) mass is 438 g/mol. The van der Waals surface area contributed by atoms with Gasteiger partial charge < -0.3 is 19.5 Å². The minimum Gasteiger partial charge on any atom is -0.493 e. The molecule has 32 heavy (non-hydrogen) atoms. The third-order valence-corrected chi connectivity index (χ3v) is 5.64. The van der Waals surface area contributed by atoms with Gasteiger partial charge in [-0.05, 0) is 48.2 Å². The minimum absolute atomic E-state index is 0.0182. The van der Waals surface area contributed by atoms with E-state index in [0.717, 1.165) is 36.4 Å². The molecule has 1 saturated heterocycles. The summed E-state index contributed by atoms with van der Waals surface area (Å²) in [6, 6.07) is 14.2. The standard InChI is InChI=1S/C26H34N2O4/c1-4-20-6-8-21(9-7-20)10-13-26(29)27-19-23(28-14-16-31-17-15-28)22-11-12-24(32-5-2)25(18-22)30-3/h6-13,18,23H,4-5,14-17,19H2,1-3H3,(H,27,29)/b13-10+. The van der Waals surface area contributed by atoms with Crippen LogP contribution in [0.5, 0.6) is 11.5 Å². The van der Waals surface area contributed by atoms with Gasteiger partial charge in [0, 0.05) is 25.7 Å². The highest BCUT2D eigenvalue weighted by Crippen LogP contribution is 2.32. The number of rotatable bonds is 10. The molecule has 1 atom stereocenters. The lowest BCUT2D eigenvalue weighted by atomic mass is 10.0. The number of benzene rings is 2. The zero-order chi connectivity index (χ0) is 22.8. The Kier molecular flexibility index (Phi) is 9.13. The summed E-state index contributed by atoms with van der Waals surface area (Å²) >= 11 is 0. The zero-order valence-electron chi connectivity index (χ0n) is 19.3. The Bertz CT molecular complexity index is 889. The van der Waals surface area contributed by atoms with Crippen LogP contribution in [0.25, 0.3) is 6.08 Å². The van der Waals surface area contributed by atoms with Crippen molar-refractivity contribution in [3.05, 3.63) is 65.2 Å². The average molecular weight is 439 g/mol. The van der Waals surface area contributed by atoms with Gasteiger partial charge in [-0.1, -0.05) is 37.3 Å². The third kappa shape index (κ3) is 6.58. The fraction of sp³-hybridized carbons (Fsp3) is 0.423. The van der Waals surface area contributed by atoms with E-state index in [2.05, 4.69) is 29.3 Å². The van der Waals surface area contributed by atoms with Gasteiger partial charge in [0.25, 0.3) is 0 Å². The van der Waals surface area contributed by atoms with Gasteiger partial charge in [-0.2, -0.15) is 0 Å². The summed E-state index contributed by atoms with van der Waals surface area (Å²) in [6.07, 6.45) is 4.44. The van der Waals surface area contributed by atoms with Crippen molar-refractivity contribution >= 4 is 12.0 Å². The predicted octanol–water partition coefficient (Wildman–Crippen LogP) is 3.86. The van der Waals surface area contributed by atoms with Gasteiger partial charge in [-0.15, -0.1) is 0 Å². The van der Waals surface area contributed by atoms with E-state index in [9.17, 15) is 4.79 Å². The first kappa shape index (κ1) is 23.8. The van der Waals surface area contributed by atoms with Crippen LogP contribution in [-0.4, -0.2) is 57.4 Å². The Balaban J connectivity index is 1.70. The molecule has 172 valence electrons. The van der Waals surface area contributed by atoms with Crippen molar-refractivity contribution in [1.29, 1.82) is 0 Å². The highest BCUT2D eigenvalue weighted by molar-refractivity contribution is 5.91. The molecule has 0 aliphatic carbocycles. The number of hydrogen-bond donors (Lipinski definition) is 1. The third-order valence-electron chi connectivity index (χ3n) is 5.64. The van der Waals surface area contributed by atoms with Gasteiger partial charge in [-0.3, -0.25) is 9.69 Å². The molecule has 3 rings (SSSR count). The second-order valence-electron chi connectivity index (χ2n) is 7.68. The van der Waals surface area contributed by atoms with E-state index in [1.807, 2.05) is 43.3 Å². The number of nitrogens with one attached hydrogen (secondary N) is 1. The maximum Gasteiger partial charge on any atom is 0.244 e. The molecule has 1 aliphatic heterocycles. The number of carbonyl (C=O) groups excluding carboxylic acids is 1. The van der Waals surface area contributed by atoms with Crippen molar-refractivity contribution in [3.63, 3.8) is 0 Å². The SMILES string of the molecule is CCOc1ccc(C(CNC(=O)/C=C/c2ccc(CC)cc2)N2CCOCC2)cc1OC. The molecule has 1 N–H and O–H groups in total. The number of nitrogens with zero attached hydrogens (tertiary/aromatic N) is 1. The molecule has 2 aromatic carbocycles. The van der Waals surface area contributed by atoms with E-state index >= 15 is 0 Å². The van der Waals surface area contributed by atoms with Gasteiger partial charge in [-0.25, -0.2) is 0 Å². The largest absolute Gasteiger partial charge is 0.493 e. The second kappa shape index (κ2) is 12.3. The van der Waals surface area contributed by atoms with Gasteiger partial charge in [0.1, 0.15) is 0 Å². The predicted molar refractivity (Wildman–Crippen MR) is 127 cm³/mol. The minimum atomic E-state index is -0.110. The van der Waals surface area contributed by atoms with Crippen molar-refractivity contribution in [2.45, 2.75) is 26.3 Å². The van der Waals surface area contributed by atoms with Crippen molar-refractivity contribution < 1.29 is 19.0 Å². The van der Waals surface area contributed by atoms with Crippen molar-refractivity contribution in [3.8, 4) is 11.5 Å². The van der Waals surface area contributed by atoms with Crippen LogP contribution in [0.3, 0.4) is 0 Å². The summed E-state index contributed by atoms with van der Waals surface area (Å²) in [5.74, 6) is 1.31. The number of morpholine rings is 1. The summed E-state index contributed by atoms with van der Waals surface area (Å²) in [5.41, 5.74) is 3.37. The molecular weight excluding hydrogens is 404 g/mol. The summed E-state index contributed by atoms with van der Waals surface area (Å²) < 4.78 is 16.7. The van der Waals surface area contributed by atoms with E-state index in [0.29, 0.717) is 32.1 Å². The normalized spacial score (nSPS) is 15.5. The average Bonchev–Trinajstić information content (AvgIpc) is 2.84. The second-order valence-corrected chi connectivity index (χ2v) is 7.68. The molecule has 1 aliphatic rings. The van der Waals surface area contributed by atoms with Crippen LogP contribution in [0, 0.1) is 0 Å². The highest BCUT2D eigenvalue weighted by Gasteiger charge is 2.24. The molecule has 1 fully saturated rings. The van der Waals surface area contributed by atoms with E-state index in [1.54, 1.807) is 13.2 Å². The van der Waals surface area contributed by atoms with Gasteiger partial charge in [0.05, 0.1) is 33.0 Å². The molecule has 6 nitrogen and oxygen atoms in total. The molecule has 0 saturated carbocycles. The molecule has 1 unspecified atom stereocenters. The first-order valence-corrected chi connectivity index (χ1v) is 11.3. The summed E-state index contributed by atoms with van der Waals surface area (Å²) in [5, 5.41) is 3.07. The van der Waals surface area contributed by atoms with Crippen LogP contribution in [0.4, 0.5) is 0 Å². The van der Waals surface area contributed by atoms with Crippen LogP contribution in [0.2, 0.25) is 0 Å². The quantitative estimate of drug-likeness (QED) is 0.571. The first-order valence-electron chi connectivity index (χ1n) is 11.3. The Morgan fingerprint density at radius 1 is 1.12 bits per heavy atom. The number of amides is 1. The Morgan fingerprint density at radius 3 is 2.53 bits per heavy atom. The van der Waals surface area contributed by atoms with Crippen molar-refractivity contribution in [2.75, 3.05) is 46.6 Å². The highest BCUT2D eigenvalue weighted by atomic mass is 16.5. The van der Waals surface area contributed by atoms with E-state index in [4.69, 9.17) is 14.2 Å². The summed E-state index contributed by atoms with van der Waals surface area (Å²) in [7, 11) is 1.64. The van der Waals surface area contributed by atoms with Crippen LogP contribution in [-0.2, 0) is 16.0 Å². The number of hydrogen-bond acceptors (Lipinski definition) is 5. The first-order chi connectivity index (χ1) is 15.6. The molecule has 2 aromatic rings. The lowest BCUT2D eigenvalue weighted by Gasteiger charge is -2.35. The van der Waals surface area contributed by atoms with Crippen LogP contribution < -0.4 is 14.8 Å². The Morgan fingerprint density at radius 2 is 1.88 bits per heavy atom.